The third-order valence-corrected chi connectivity index (χ3v) is 4.75. The summed E-state index contributed by atoms with van der Waals surface area (Å²) in [5.74, 6) is 0. The fourth-order valence-corrected chi connectivity index (χ4v) is 3.53. The summed E-state index contributed by atoms with van der Waals surface area (Å²) in [6.45, 7) is 6.88. The number of ether oxygens (including phenoxy) is 1. The molecular weight excluding hydrogens is 276 g/mol. The maximum Gasteiger partial charge on any atom is 0.240 e. The van der Waals surface area contributed by atoms with Crippen molar-refractivity contribution in [3.05, 3.63) is 30.3 Å². The van der Waals surface area contributed by atoms with Crippen LogP contribution in [0.1, 0.15) is 13.8 Å². The van der Waals surface area contributed by atoms with Crippen LogP contribution in [0.3, 0.4) is 0 Å². The second-order valence-electron chi connectivity index (χ2n) is 5.23. The van der Waals surface area contributed by atoms with E-state index in [1.807, 2.05) is 13.8 Å². The van der Waals surface area contributed by atoms with Gasteiger partial charge in [-0.3, -0.25) is 4.90 Å². The molecule has 0 radical (unpaired) electrons. The Bertz CT molecular complexity index is 508. The lowest BCUT2D eigenvalue weighted by Crippen LogP contribution is -2.47. The van der Waals surface area contributed by atoms with E-state index in [9.17, 15) is 8.42 Å². The summed E-state index contributed by atoms with van der Waals surface area (Å²) in [5, 5.41) is 0. The minimum atomic E-state index is -3.40. The van der Waals surface area contributed by atoms with Gasteiger partial charge in [0, 0.05) is 26.2 Å². The zero-order valence-corrected chi connectivity index (χ0v) is 12.8. The Morgan fingerprint density at radius 1 is 1.20 bits per heavy atom. The Morgan fingerprint density at radius 2 is 1.80 bits per heavy atom. The van der Waals surface area contributed by atoms with Crippen LogP contribution in [0.2, 0.25) is 0 Å². The van der Waals surface area contributed by atoms with Crippen LogP contribution in [0.25, 0.3) is 0 Å². The normalized spacial score (nSPS) is 24.7. The van der Waals surface area contributed by atoms with E-state index in [-0.39, 0.29) is 12.2 Å². The summed E-state index contributed by atoms with van der Waals surface area (Å²) >= 11 is 0. The smallest absolute Gasteiger partial charge is 0.240 e. The maximum absolute atomic E-state index is 12.0. The summed E-state index contributed by atoms with van der Waals surface area (Å²) in [6.07, 6.45) is 0.397. The van der Waals surface area contributed by atoms with Gasteiger partial charge in [0.1, 0.15) is 0 Å². The third kappa shape index (κ3) is 4.28. The van der Waals surface area contributed by atoms with Crippen molar-refractivity contribution in [2.75, 3.05) is 26.2 Å². The standard InChI is InChI=1S/C14H22N2O3S/c1-12-10-16(11-13(2)19-12)9-8-15-20(17,18)14-6-4-3-5-7-14/h3-7,12-13,15H,8-11H2,1-2H3. The lowest BCUT2D eigenvalue weighted by Gasteiger charge is -2.35. The maximum atomic E-state index is 12.0. The predicted molar refractivity (Wildman–Crippen MR) is 78.1 cm³/mol. The van der Waals surface area contributed by atoms with E-state index >= 15 is 0 Å². The first-order valence-electron chi connectivity index (χ1n) is 6.90. The first-order valence-corrected chi connectivity index (χ1v) is 8.38. The summed E-state index contributed by atoms with van der Waals surface area (Å²) in [5.41, 5.74) is 0. The highest BCUT2D eigenvalue weighted by Crippen LogP contribution is 2.10. The molecule has 2 rings (SSSR count). The minimum Gasteiger partial charge on any atom is -0.373 e. The van der Waals surface area contributed by atoms with Crippen LogP contribution >= 0.6 is 0 Å². The van der Waals surface area contributed by atoms with Gasteiger partial charge >= 0.3 is 0 Å². The lowest BCUT2D eigenvalue weighted by atomic mass is 10.2. The van der Waals surface area contributed by atoms with Gasteiger partial charge in [0.05, 0.1) is 17.1 Å². The number of hydrogen-bond donors (Lipinski definition) is 1. The van der Waals surface area contributed by atoms with E-state index in [1.54, 1.807) is 30.3 Å². The average molecular weight is 298 g/mol. The molecule has 0 aliphatic carbocycles. The van der Waals surface area contributed by atoms with Crippen LogP contribution in [-0.4, -0.2) is 51.7 Å². The molecule has 1 aromatic carbocycles. The zero-order chi connectivity index (χ0) is 14.6. The molecule has 112 valence electrons. The van der Waals surface area contributed by atoms with Crippen molar-refractivity contribution >= 4 is 10.0 Å². The molecule has 0 aromatic heterocycles. The van der Waals surface area contributed by atoms with Gasteiger partial charge in [-0.1, -0.05) is 18.2 Å². The Hall–Kier alpha value is -0.950. The molecule has 0 bridgehead atoms. The molecule has 0 saturated carbocycles. The van der Waals surface area contributed by atoms with Gasteiger partial charge in [0.25, 0.3) is 0 Å². The summed E-state index contributed by atoms with van der Waals surface area (Å²) < 4.78 is 32.4. The predicted octanol–water partition coefficient (Wildman–Crippen LogP) is 1.07. The van der Waals surface area contributed by atoms with Crippen LogP contribution in [0.5, 0.6) is 0 Å². The monoisotopic (exact) mass is 298 g/mol. The molecular formula is C14H22N2O3S. The molecule has 0 amide bonds. The molecule has 0 spiro atoms. The van der Waals surface area contributed by atoms with Gasteiger partial charge < -0.3 is 4.74 Å². The molecule has 1 N–H and O–H groups in total. The number of benzene rings is 1. The number of rotatable bonds is 5. The van der Waals surface area contributed by atoms with Crippen molar-refractivity contribution in [2.45, 2.75) is 31.0 Å². The molecule has 1 saturated heterocycles. The number of sulfonamides is 1. The van der Waals surface area contributed by atoms with Gasteiger partial charge in [-0.2, -0.15) is 0 Å². The molecule has 20 heavy (non-hydrogen) atoms. The second kappa shape index (κ2) is 6.67. The van der Waals surface area contributed by atoms with E-state index in [2.05, 4.69) is 9.62 Å². The summed E-state index contributed by atoms with van der Waals surface area (Å²) in [7, 11) is -3.40. The highest BCUT2D eigenvalue weighted by Gasteiger charge is 2.22. The molecule has 1 fully saturated rings. The fourth-order valence-electron chi connectivity index (χ4n) is 2.49. The molecule has 1 aromatic rings. The van der Waals surface area contributed by atoms with Gasteiger partial charge in [-0.25, -0.2) is 13.1 Å². The highest BCUT2D eigenvalue weighted by molar-refractivity contribution is 7.89. The Kier molecular flexibility index (Phi) is 5.15. The molecule has 1 aliphatic rings. The molecule has 6 heteroatoms. The summed E-state index contributed by atoms with van der Waals surface area (Å²) in [6, 6.07) is 8.44. The SMILES string of the molecule is CC1CN(CCNS(=O)(=O)c2ccccc2)CC(C)O1. The van der Waals surface area contributed by atoms with Crippen molar-refractivity contribution in [3.63, 3.8) is 0 Å². The van der Waals surface area contributed by atoms with E-state index in [4.69, 9.17) is 4.74 Å². The van der Waals surface area contributed by atoms with Gasteiger partial charge in [0.2, 0.25) is 10.0 Å². The van der Waals surface area contributed by atoms with Crippen molar-refractivity contribution in [3.8, 4) is 0 Å². The van der Waals surface area contributed by atoms with Crippen molar-refractivity contribution in [1.82, 2.24) is 9.62 Å². The highest BCUT2D eigenvalue weighted by atomic mass is 32.2. The Morgan fingerprint density at radius 3 is 2.40 bits per heavy atom. The zero-order valence-electron chi connectivity index (χ0n) is 12.0. The molecule has 2 unspecified atom stereocenters. The van der Waals surface area contributed by atoms with E-state index in [1.165, 1.54) is 0 Å². The topological polar surface area (TPSA) is 58.6 Å². The van der Waals surface area contributed by atoms with Crippen LogP contribution in [-0.2, 0) is 14.8 Å². The lowest BCUT2D eigenvalue weighted by molar-refractivity contribution is -0.0671. The largest absolute Gasteiger partial charge is 0.373 e. The van der Waals surface area contributed by atoms with Crippen molar-refractivity contribution in [1.29, 1.82) is 0 Å². The molecule has 1 aliphatic heterocycles. The van der Waals surface area contributed by atoms with Gasteiger partial charge in [-0.15, -0.1) is 0 Å². The van der Waals surface area contributed by atoms with E-state index in [0.29, 0.717) is 18.0 Å². The average Bonchev–Trinajstić information content (AvgIpc) is 2.38. The number of nitrogens with one attached hydrogen (secondary N) is 1. The first-order chi connectivity index (χ1) is 9.47. The van der Waals surface area contributed by atoms with Crippen LogP contribution in [0.15, 0.2) is 35.2 Å². The quantitative estimate of drug-likeness (QED) is 0.883. The minimum absolute atomic E-state index is 0.199. The number of morpholine rings is 1. The van der Waals surface area contributed by atoms with E-state index in [0.717, 1.165) is 13.1 Å². The van der Waals surface area contributed by atoms with Crippen LogP contribution < -0.4 is 4.72 Å². The Balaban J connectivity index is 1.84. The summed E-state index contributed by atoms with van der Waals surface area (Å²) in [4.78, 5) is 2.54. The number of hydrogen-bond acceptors (Lipinski definition) is 4. The second-order valence-corrected chi connectivity index (χ2v) is 6.99. The third-order valence-electron chi connectivity index (χ3n) is 3.27. The van der Waals surface area contributed by atoms with Crippen LogP contribution in [0.4, 0.5) is 0 Å². The molecule has 5 nitrogen and oxygen atoms in total. The van der Waals surface area contributed by atoms with Crippen molar-refractivity contribution < 1.29 is 13.2 Å². The first kappa shape index (κ1) is 15.4. The van der Waals surface area contributed by atoms with Crippen molar-refractivity contribution in [2.24, 2.45) is 0 Å². The van der Waals surface area contributed by atoms with Crippen LogP contribution in [0, 0.1) is 0 Å². The van der Waals surface area contributed by atoms with E-state index < -0.39 is 10.0 Å². The number of nitrogens with zero attached hydrogens (tertiary/aromatic N) is 1. The Labute approximate surface area is 121 Å². The fraction of sp³-hybridized carbons (Fsp3) is 0.571. The molecule has 1 heterocycles. The van der Waals surface area contributed by atoms with Gasteiger partial charge in [-0.05, 0) is 26.0 Å². The molecule has 2 atom stereocenters. The van der Waals surface area contributed by atoms with Gasteiger partial charge in [0.15, 0.2) is 0 Å².